The molecule has 1 aliphatic heterocycles. The zero-order valence-corrected chi connectivity index (χ0v) is 10.0. The number of nitrogens with two attached hydrogens (primary N) is 1. The molecule has 1 heterocycles. The zero-order valence-electron chi connectivity index (χ0n) is 9.21. The Bertz CT molecular complexity index is 568. The Morgan fingerprint density at radius 1 is 1.41 bits per heavy atom. The summed E-state index contributed by atoms with van der Waals surface area (Å²) in [7, 11) is -3.78. The highest BCUT2D eigenvalue weighted by atomic mass is 32.2. The maximum Gasteiger partial charge on any atom is 0.271 e. The number of carbonyl (C=O) groups excluding carboxylic acids is 1. The van der Waals surface area contributed by atoms with Gasteiger partial charge in [-0.2, -0.15) is 0 Å². The fourth-order valence-corrected chi connectivity index (χ4v) is 3.04. The molecule has 0 unspecified atom stereocenters. The third kappa shape index (κ3) is 1.77. The lowest BCUT2D eigenvalue weighted by Crippen LogP contribution is -2.32. The molecule has 7 heteroatoms. The summed E-state index contributed by atoms with van der Waals surface area (Å²) in [5, 5.41) is 0. The Kier molecular flexibility index (Phi) is 2.80. The largest absolute Gasteiger partial charge is 0.399 e. The van der Waals surface area contributed by atoms with Gasteiger partial charge in [-0.3, -0.25) is 4.79 Å². The number of benzene rings is 1. The predicted octanol–water partition coefficient (Wildman–Crippen LogP) is 0.407. The van der Waals surface area contributed by atoms with Crippen LogP contribution in [-0.2, 0) is 14.8 Å². The van der Waals surface area contributed by atoms with Crippen molar-refractivity contribution in [3.63, 3.8) is 0 Å². The first-order valence-electron chi connectivity index (χ1n) is 5.03. The first-order valence-corrected chi connectivity index (χ1v) is 6.47. The van der Waals surface area contributed by atoms with Gasteiger partial charge in [0.1, 0.15) is 11.6 Å². The smallest absolute Gasteiger partial charge is 0.271 e. The molecular formula is C10H12N2O4S. The second-order valence-corrected chi connectivity index (χ2v) is 5.37. The number of carbonyl (C=O) groups is 1. The Morgan fingerprint density at radius 3 is 2.76 bits per heavy atom. The molecule has 1 aromatic carbocycles. The first-order chi connectivity index (χ1) is 7.98. The van der Waals surface area contributed by atoms with Crippen LogP contribution in [-0.4, -0.2) is 32.0 Å². The summed E-state index contributed by atoms with van der Waals surface area (Å²) in [6, 6.07) is 4.15. The maximum atomic E-state index is 12.0. The van der Waals surface area contributed by atoms with Crippen molar-refractivity contribution in [3.8, 4) is 0 Å². The van der Waals surface area contributed by atoms with E-state index < -0.39 is 15.9 Å². The molecule has 0 aliphatic carbocycles. The normalized spacial score (nSPS) is 17.2. The third-order valence-corrected chi connectivity index (χ3v) is 4.20. The van der Waals surface area contributed by atoms with E-state index in [1.54, 1.807) is 6.92 Å². The van der Waals surface area contributed by atoms with Gasteiger partial charge in [0.2, 0.25) is 0 Å². The molecule has 2 rings (SSSR count). The van der Waals surface area contributed by atoms with Gasteiger partial charge in [-0.15, -0.1) is 0 Å². The number of sulfonamides is 1. The Hall–Kier alpha value is -1.60. The fourth-order valence-electron chi connectivity index (χ4n) is 1.60. The van der Waals surface area contributed by atoms with E-state index in [0.29, 0.717) is 16.6 Å². The highest BCUT2D eigenvalue weighted by Gasteiger charge is 2.41. The third-order valence-electron chi connectivity index (χ3n) is 2.44. The molecule has 0 atom stereocenters. The van der Waals surface area contributed by atoms with Crippen LogP contribution < -0.4 is 5.73 Å². The van der Waals surface area contributed by atoms with Crippen LogP contribution in [0.15, 0.2) is 23.1 Å². The van der Waals surface area contributed by atoms with Crippen molar-refractivity contribution in [1.29, 1.82) is 0 Å². The molecule has 1 aromatic rings. The van der Waals surface area contributed by atoms with E-state index in [1.807, 2.05) is 0 Å². The number of rotatable bonds is 3. The average Bonchev–Trinajstić information content (AvgIpc) is 2.45. The van der Waals surface area contributed by atoms with Crippen LogP contribution in [0.5, 0.6) is 0 Å². The van der Waals surface area contributed by atoms with Crippen molar-refractivity contribution in [2.24, 2.45) is 0 Å². The van der Waals surface area contributed by atoms with Crippen molar-refractivity contribution in [2.75, 3.05) is 19.1 Å². The minimum atomic E-state index is -3.78. The number of fused-ring (bicyclic) bond motifs is 1. The summed E-state index contributed by atoms with van der Waals surface area (Å²) in [6.45, 7) is 1.78. The van der Waals surface area contributed by atoms with Gasteiger partial charge in [0.15, 0.2) is 0 Å². The van der Waals surface area contributed by atoms with E-state index in [-0.39, 0.29) is 17.2 Å². The number of hydrogen-bond donors (Lipinski definition) is 1. The summed E-state index contributed by atoms with van der Waals surface area (Å²) in [6.07, 6.45) is 0. The molecule has 92 valence electrons. The molecule has 6 nitrogen and oxygen atoms in total. The molecule has 0 radical (unpaired) electrons. The first kappa shape index (κ1) is 11.9. The van der Waals surface area contributed by atoms with Crippen LogP contribution in [0.4, 0.5) is 5.69 Å². The van der Waals surface area contributed by atoms with Gasteiger partial charge < -0.3 is 10.5 Å². The zero-order chi connectivity index (χ0) is 12.6. The molecule has 1 amide bonds. The molecule has 0 fully saturated rings. The molecule has 0 spiro atoms. The lowest BCUT2D eigenvalue weighted by molar-refractivity contribution is 0.0574. The minimum Gasteiger partial charge on any atom is -0.399 e. The standard InChI is InChI=1S/C10H12N2O4S/c1-2-16-6-12-10(13)8-5-7(11)3-4-9(8)17(12,14)15/h3-5H,2,6,11H2,1H3. The second-order valence-electron chi connectivity index (χ2n) is 3.54. The van der Waals surface area contributed by atoms with Gasteiger partial charge in [0.05, 0.1) is 5.56 Å². The Morgan fingerprint density at radius 2 is 2.12 bits per heavy atom. The maximum absolute atomic E-state index is 12.0. The molecule has 1 aliphatic rings. The van der Waals surface area contributed by atoms with E-state index in [4.69, 9.17) is 10.5 Å². The van der Waals surface area contributed by atoms with E-state index in [0.717, 1.165) is 0 Å². The number of nitrogens with zero attached hydrogens (tertiary/aromatic N) is 1. The summed E-state index contributed by atoms with van der Waals surface area (Å²) in [5.74, 6) is -0.597. The summed E-state index contributed by atoms with van der Waals surface area (Å²) >= 11 is 0. The highest BCUT2D eigenvalue weighted by Crippen LogP contribution is 2.31. The van der Waals surface area contributed by atoms with Gasteiger partial charge >= 0.3 is 0 Å². The molecular weight excluding hydrogens is 244 g/mol. The Labute approximate surface area is 99.0 Å². The summed E-state index contributed by atoms with van der Waals surface area (Å²) in [5.41, 5.74) is 5.98. The quantitative estimate of drug-likeness (QED) is 0.791. The monoisotopic (exact) mass is 256 g/mol. The minimum absolute atomic E-state index is 0.0172. The molecule has 17 heavy (non-hydrogen) atoms. The van der Waals surface area contributed by atoms with E-state index >= 15 is 0 Å². The van der Waals surface area contributed by atoms with Crippen LogP contribution in [0.3, 0.4) is 0 Å². The van der Waals surface area contributed by atoms with Crippen molar-refractivity contribution in [2.45, 2.75) is 11.8 Å². The van der Waals surface area contributed by atoms with Gasteiger partial charge in [0, 0.05) is 12.3 Å². The van der Waals surface area contributed by atoms with Gasteiger partial charge in [0.25, 0.3) is 15.9 Å². The number of hydrogen-bond acceptors (Lipinski definition) is 5. The highest BCUT2D eigenvalue weighted by molar-refractivity contribution is 7.90. The van der Waals surface area contributed by atoms with Crippen molar-refractivity contribution in [1.82, 2.24) is 4.31 Å². The lowest BCUT2D eigenvalue weighted by atomic mass is 10.2. The van der Waals surface area contributed by atoms with E-state index in [2.05, 4.69) is 0 Å². The number of nitrogen functional groups attached to an aromatic ring is 1. The van der Waals surface area contributed by atoms with Crippen molar-refractivity contribution >= 4 is 21.6 Å². The molecule has 2 N–H and O–H groups in total. The fraction of sp³-hybridized carbons (Fsp3) is 0.300. The van der Waals surface area contributed by atoms with E-state index in [9.17, 15) is 13.2 Å². The molecule has 0 bridgehead atoms. The topological polar surface area (TPSA) is 89.7 Å². The number of amides is 1. The number of anilines is 1. The number of ether oxygens (including phenoxy) is 1. The lowest BCUT2D eigenvalue weighted by Gasteiger charge is -2.13. The Balaban J connectivity index is 2.49. The second kappa shape index (κ2) is 4.01. The van der Waals surface area contributed by atoms with Gasteiger partial charge in [-0.25, -0.2) is 12.7 Å². The molecule has 0 saturated carbocycles. The molecule has 0 saturated heterocycles. The van der Waals surface area contributed by atoms with Crippen LogP contribution in [0, 0.1) is 0 Å². The average molecular weight is 256 g/mol. The SMILES string of the molecule is CCOCN1C(=O)c2cc(N)ccc2S1(=O)=O. The van der Waals surface area contributed by atoms with Crippen LogP contribution >= 0.6 is 0 Å². The van der Waals surface area contributed by atoms with Gasteiger partial charge in [-0.05, 0) is 25.1 Å². The molecule has 0 aromatic heterocycles. The van der Waals surface area contributed by atoms with Crippen molar-refractivity contribution in [3.05, 3.63) is 23.8 Å². The predicted molar refractivity (Wildman–Crippen MR) is 60.7 cm³/mol. The van der Waals surface area contributed by atoms with Crippen LogP contribution in [0.2, 0.25) is 0 Å². The summed E-state index contributed by atoms with van der Waals surface area (Å²) < 4.78 is 29.7. The van der Waals surface area contributed by atoms with Gasteiger partial charge in [-0.1, -0.05) is 0 Å². The van der Waals surface area contributed by atoms with Crippen molar-refractivity contribution < 1.29 is 17.9 Å². The van der Waals surface area contributed by atoms with E-state index in [1.165, 1.54) is 18.2 Å². The van der Waals surface area contributed by atoms with Crippen LogP contribution in [0.25, 0.3) is 0 Å². The summed E-state index contributed by atoms with van der Waals surface area (Å²) in [4.78, 5) is 11.9. The van der Waals surface area contributed by atoms with Crippen LogP contribution in [0.1, 0.15) is 17.3 Å².